The van der Waals surface area contributed by atoms with Crippen molar-refractivity contribution in [3.8, 4) is 0 Å². The Hall–Kier alpha value is -2.18. The Labute approximate surface area is 135 Å². The highest BCUT2D eigenvalue weighted by molar-refractivity contribution is 7.13. The number of rotatable bonds is 2. The maximum absolute atomic E-state index is 12.4. The van der Waals surface area contributed by atoms with Crippen molar-refractivity contribution in [2.75, 3.05) is 0 Å². The maximum atomic E-state index is 12.4. The number of thiophene rings is 2. The summed E-state index contributed by atoms with van der Waals surface area (Å²) in [4.78, 5) is 28.9. The third-order valence-electron chi connectivity index (χ3n) is 3.65. The van der Waals surface area contributed by atoms with E-state index in [1.54, 1.807) is 22.7 Å². The van der Waals surface area contributed by atoms with Gasteiger partial charge in [0.1, 0.15) is 0 Å². The molecule has 4 nitrogen and oxygen atoms in total. The number of fused-ring (bicyclic) bond motifs is 1. The van der Waals surface area contributed by atoms with E-state index in [4.69, 9.17) is 0 Å². The Kier molecular flexibility index (Phi) is 2.85. The van der Waals surface area contributed by atoms with Gasteiger partial charge in [0.25, 0.3) is 11.8 Å². The molecule has 2 aromatic heterocycles. The van der Waals surface area contributed by atoms with Gasteiger partial charge in [-0.3, -0.25) is 9.59 Å². The van der Waals surface area contributed by atoms with Gasteiger partial charge in [0.15, 0.2) is 0 Å². The average molecular weight is 328 g/mol. The molecule has 4 rings (SSSR count). The van der Waals surface area contributed by atoms with Crippen LogP contribution < -0.4 is 10.6 Å². The van der Waals surface area contributed by atoms with Gasteiger partial charge in [0.2, 0.25) is 0 Å². The molecule has 2 amide bonds. The van der Waals surface area contributed by atoms with Crippen LogP contribution in [0.25, 0.3) is 11.4 Å². The molecule has 110 valence electrons. The Morgan fingerprint density at radius 1 is 0.727 bits per heavy atom. The predicted molar refractivity (Wildman–Crippen MR) is 88.2 cm³/mol. The molecule has 2 aromatic rings. The lowest BCUT2D eigenvalue weighted by atomic mass is 10.1. The maximum Gasteiger partial charge on any atom is 0.258 e. The summed E-state index contributed by atoms with van der Waals surface area (Å²) in [6.45, 7) is 4.00. The van der Waals surface area contributed by atoms with Crippen molar-refractivity contribution in [1.29, 1.82) is 0 Å². The zero-order chi connectivity index (χ0) is 15.4. The molecule has 0 radical (unpaired) electrons. The van der Waals surface area contributed by atoms with Crippen LogP contribution in [-0.2, 0) is 9.59 Å². The number of nitrogens with one attached hydrogen (secondary N) is 2. The van der Waals surface area contributed by atoms with Crippen LogP contribution in [0.15, 0.2) is 35.4 Å². The van der Waals surface area contributed by atoms with Crippen LogP contribution in [0, 0.1) is 13.8 Å². The standard InChI is InChI=1S/C16H12N2O2S2/c1-7-3-5-9(21-7)13-11-12(16(20)17-13)14(18-15(11)19)10-6-4-8(2)22-10/h3-6H,1-2H3,(H,17,20)(H,18,19). The highest BCUT2D eigenvalue weighted by Crippen LogP contribution is 2.40. The molecule has 0 aliphatic carbocycles. The molecule has 0 unspecified atom stereocenters. The lowest BCUT2D eigenvalue weighted by Crippen LogP contribution is -2.20. The summed E-state index contributed by atoms with van der Waals surface area (Å²) in [5.74, 6) is -0.425. The van der Waals surface area contributed by atoms with Crippen molar-refractivity contribution < 1.29 is 9.59 Å². The molecule has 0 saturated heterocycles. The quantitative estimate of drug-likeness (QED) is 0.890. The van der Waals surface area contributed by atoms with E-state index in [1.807, 2.05) is 38.1 Å². The zero-order valence-corrected chi connectivity index (χ0v) is 13.6. The van der Waals surface area contributed by atoms with E-state index in [9.17, 15) is 9.59 Å². The van der Waals surface area contributed by atoms with Crippen molar-refractivity contribution in [2.24, 2.45) is 0 Å². The van der Waals surface area contributed by atoms with E-state index in [0.29, 0.717) is 22.5 Å². The van der Waals surface area contributed by atoms with E-state index in [0.717, 1.165) is 19.5 Å². The first-order chi connectivity index (χ1) is 10.5. The Morgan fingerprint density at radius 2 is 1.14 bits per heavy atom. The summed E-state index contributed by atoms with van der Waals surface area (Å²) >= 11 is 3.13. The van der Waals surface area contributed by atoms with Gasteiger partial charge in [-0.1, -0.05) is 0 Å². The first-order valence-electron chi connectivity index (χ1n) is 6.80. The Bertz CT molecular complexity index is 825. The smallest absolute Gasteiger partial charge is 0.258 e. The van der Waals surface area contributed by atoms with Crippen molar-refractivity contribution in [3.05, 3.63) is 54.9 Å². The molecule has 0 fully saturated rings. The molecule has 2 N–H and O–H groups in total. The molecule has 0 bridgehead atoms. The summed E-state index contributed by atoms with van der Waals surface area (Å²) < 4.78 is 0. The first-order valence-corrected chi connectivity index (χ1v) is 8.43. The molecule has 0 spiro atoms. The van der Waals surface area contributed by atoms with E-state index >= 15 is 0 Å². The third kappa shape index (κ3) is 1.88. The molecule has 0 saturated carbocycles. The summed E-state index contributed by atoms with van der Waals surface area (Å²) in [5.41, 5.74) is 2.18. The number of hydrogen-bond donors (Lipinski definition) is 2. The second kappa shape index (κ2) is 4.66. The zero-order valence-electron chi connectivity index (χ0n) is 11.9. The number of hydrogen-bond acceptors (Lipinski definition) is 4. The topological polar surface area (TPSA) is 58.2 Å². The van der Waals surface area contributed by atoms with Crippen LogP contribution in [0.4, 0.5) is 0 Å². The summed E-state index contributed by atoms with van der Waals surface area (Å²) in [6.07, 6.45) is 0. The molecule has 2 aliphatic heterocycles. The normalized spacial score (nSPS) is 17.2. The second-order valence-corrected chi connectivity index (χ2v) is 7.80. The number of carbonyl (C=O) groups is 2. The Balaban J connectivity index is 1.91. The van der Waals surface area contributed by atoms with Gasteiger partial charge in [-0.05, 0) is 38.1 Å². The van der Waals surface area contributed by atoms with Gasteiger partial charge in [-0.15, -0.1) is 22.7 Å². The van der Waals surface area contributed by atoms with Crippen LogP contribution in [0.2, 0.25) is 0 Å². The van der Waals surface area contributed by atoms with Crippen molar-refractivity contribution in [3.63, 3.8) is 0 Å². The summed E-state index contributed by atoms with van der Waals surface area (Å²) in [7, 11) is 0. The first kappa shape index (κ1) is 13.5. The van der Waals surface area contributed by atoms with Crippen molar-refractivity contribution in [1.82, 2.24) is 10.6 Å². The molecular weight excluding hydrogens is 316 g/mol. The van der Waals surface area contributed by atoms with Gasteiger partial charge >= 0.3 is 0 Å². The van der Waals surface area contributed by atoms with Gasteiger partial charge in [-0.2, -0.15) is 0 Å². The lowest BCUT2D eigenvalue weighted by molar-refractivity contribution is -0.117. The van der Waals surface area contributed by atoms with E-state index in [1.165, 1.54) is 0 Å². The molecule has 2 aliphatic rings. The highest BCUT2D eigenvalue weighted by Gasteiger charge is 2.41. The molecule has 6 heteroatoms. The van der Waals surface area contributed by atoms with Gasteiger partial charge in [0, 0.05) is 9.75 Å². The van der Waals surface area contributed by atoms with E-state index < -0.39 is 0 Å². The van der Waals surface area contributed by atoms with Crippen LogP contribution in [0.5, 0.6) is 0 Å². The summed E-state index contributed by atoms with van der Waals surface area (Å²) in [6, 6.07) is 7.84. The van der Waals surface area contributed by atoms with Gasteiger partial charge in [-0.25, -0.2) is 0 Å². The monoisotopic (exact) mass is 328 g/mol. The van der Waals surface area contributed by atoms with Crippen molar-refractivity contribution >= 4 is 45.9 Å². The number of aryl methyl sites for hydroxylation is 2. The molecule has 0 aromatic carbocycles. The minimum Gasteiger partial charge on any atom is -0.320 e. The largest absolute Gasteiger partial charge is 0.320 e. The van der Waals surface area contributed by atoms with Gasteiger partial charge in [0.05, 0.1) is 32.3 Å². The van der Waals surface area contributed by atoms with Crippen LogP contribution in [0.3, 0.4) is 0 Å². The fourth-order valence-electron chi connectivity index (χ4n) is 2.69. The predicted octanol–water partition coefficient (Wildman–Crippen LogP) is 2.81. The SMILES string of the molecule is Cc1ccc(C2=C3C(=O)NC(c4ccc(C)s4)=C3C(=O)N2)s1. The van der Waals surface area contributed by atoms with E-state index in [2.05, 4.69) is 10.6 Å². The average Bonchev–Trinajstić information content (AvgIpc) is 3.19. The fourth-order valence-corrected chi connectivity index (χ4v) is 4.44. The minimum atomic E-state index is -0.213. The second-order valence-electron chi connectivity index (χ2n) is 5.23. The Morgan fingerprint density at radius 3 is 1.45 bits per heavy atom. The van der Waals surface area contributed by atoms with Crippen LogP contribution >= 0.6 is 22.7 Å². The fraction of sp³-hybridized carbons (Fsp3) is 0.125. The molecule has 0 atom stereocenters. The third-order valence-corrected chi connectivity index (χ3v) is 5.69. The van der Waals surface area contributed by atoms with Gasteiger partial charge < -0.3 is 10.6 Å². The number of carbonyl (C=O) groups excluding carboxylic acids is 2. The van der Waals surface area contributed by atoms with Crippen LogP contribution in [-0.4, -0.2) is 11.8 Å². The molecule has 4 heterocycles. The number of amides is 2. The van der Waals surface area contributed by atoms with Crippen LogP contribution in [0.1, 0.15) is 19.5 Å². The molecular formula is C16H12N2O2S2. The van der Waals surface area contributed by atoms with Crippen molar-refractivity contribution in [2.45, 2.75) is 13.8 Å². The molecule has 22 heavy (non-hydrogen) atoms. The van der Waals surface area contributed by atoms with E-state index in [-0.39, 0.29) is 11.8 Å². The highest BCUT2D eigenvalue weighted by atomic mass is 32.1. The minimum absolute atomic E-state index is 0.213. The lowest BCUT2D eigenvalue weighted by Gasteiger charge is -2.04. The summed E-state index contributed by atoms with van der Waals surface area (Å²) in [5, 5.41) is 5.72.